The number of nitrogens with two attached hydrogens (primary N) is 1. The second kappa shape index (κ2) is 5.89. The molecule has 0 aliphatic rings. The molecule has 0 saturated carbocycles. The van der Waals surface area contributed by atoms with Gasteiger partial charge in [-0.3, -0.25) is 4.72 Å². The molecule has 0 heterocycles. The molecule has 0 amide bonds. The second-order valence-corrected chi connectivity index (χ2v) is 5.54. The number of hydrogen-bond donors (Lipinski definition) is 3. The van der Waals surface area contributed by atoms with Gasteiger partial charge in [0.1, 0.15) is 17.4 Å². The van der Waals surface area contributed by atoms with E-state index in [1.165, 1.54) is 4.72 Å². The number of anilines is 1. The fourth-order valence-electron chi connectivity index (χ4n) is 1.15. The maximum absolute atomic E-state index is 13.2. The highest BCUT2D eigenvalue weighted by atomic mass is 32.2. The van der Waals surface area contributed by atoms with Gasteiger partial charge in [0, 0.05) is 5.56 Å². The van der Waals surface area contributed by atoms with Crippen LogP contribution in [0.25, 0.3) is 0 Å². The first-order chi connectivity index (χ1) is 9.00. The molecular formula is C9H9F4N3O2S2. The molecule has 0 spiro atoms. The largest absolute Gasteiger partial charge is 0.402 e. The van der Waals surface area contributed by atoms with E-state index in [-0.39, 0.29) is 16.2 Å². The number of benzene rings is 1. The minimum atomic E-state index is -4.69. The number of hydrogen-bond acceptors (Lipinski definition) is 3. The van der Waals surface area contributed by atoms with Gasteiger partial charge >= 0.3 is 6.18 Å². The third-order valence-electron chi connectivity index (χ3n) is 1.95. The second-order valence-electron chi connectivity index (χ2n) is 3.60. The molecule has 112 valence electrons. The third kappa shape index (κ3) is 5.27. The molecule has 0 aliphatic heterocycles. The lowest BCUT2D eigenvalue weighted by molar-refractivity contribution is -0.121. The van der Waals surface area contributed by atoms with Gasteiger partial charge in [0.2, 0.25) is 0 Å². The normalized spacial score (nSPS) is 12.2. The molecule has 1 rings (SSSR count). The fourth-order valence-corrected chi connectivity index (χ4v) is 2.17. The SMILES string of the molecule is NC(=S)c1cc(NS(=O)(=O)NCC(F)(F)F)ccc1F. The van der Waals surface area contributed by atoms with Crippen LogP contribution in [-0.4, -0.2) is 26.1 Å². The van der Waals surface area contributed by atoms with Crippen LogP contribution in [0.3, 0.4) is 0 Å². The molecule has 0 aliphatic carbocycles. The zero-order valence-electron chi connectivity index (χ0n) is 9.66. The molecule has 0 saturated heterocycles. The van der Waals surface area contributed by atoms with Crippen molar-refractivity contribution < 1.29 is 26.0 Å². The first-order valence-electron chi connectivity index (χ1n) is 4.94. The van der Waals surface area contributed by atoms with Crippen molar-refractivity contribution in [3.63, 3.8) is 0 Å². The fraction of sp³-hybridized carbons (Fsp3) is 0.222. The first-order valence-corrected chi connectivity index (χ1v) is 6.83. The van der Waals surface area contributed by atoms with Crippen molar-refractivity contribution in [1.82, 2.24) is 4.72 Å². The average Bonchev–Trinajstić information content (AvgIpc) is 2.28. The molecule has 1 aromatic rings. The first kappa shape index (κ1) is 16.6. The Balaban J connectivity index is 2.88. The zero-order chi connectivity index (χ0) is 15.6. The Hall–Kier alpha value is -1.46. The predicted octanol–water partition coefficient (Wildman–Crippen LogP) is 1.27. The van der Waals surface area contributed by atoms with Crippen LogP contribution in [0.1, 0.15) is 5.56 Å². The lowest BCUT2D eigenvalue weighted by Crippen LogP contribution is -2.37. The average molecular weight is 331 g/mol. The summed E-state index contributed by atoms with van der Waals surface area (Å²) in [6.07, 6.45) is -4.69. The van der Waals surface area contributed by atoms with Crippen molar-refractivity contribution in [2.45, 2.75) is 6.18 Å². The van der Waals surface area contributed by atoms with Gasteiger partial charge in [-0.25, -0.2) is 4.39 Å². The van der Waals surface area contributed by atoms with Crippen LogP contribution in [0.15, 0.2) is 18.2 Å². The number of nitrogens with one attached hydrogen (secondary N) is 2. The van der Waals surface area contributed by atoms with Crippen LogP contribution >= 0.6 is 12.2 Å². The predicted molar refractivity (Wildman–Crippen MR) is 68.9 cm³/mol. The standard InChI is InChI=1S/C9H9F4N3O2S2/c10-7-2-1-5(3-6(7)8(14)19)16-20(17,18)15-4-9(11,12)13/h1-3,15-16H,4H2,(H2,14,19). The van der Waals surface area contributed by atoms with Crippen LogP contribution in [0.2, 0.25) is 0 Å². The van der Waals surface area contributed by atoms with Gasteiger partial charge in [-0.1, -0.05) is 12.2 Å². The maximum Gasteiger partial charge on any atom is 0.402 e. The number of thiocarbonyl (C=S) groups is 1. The van der Waals surface area contributed by atoms with Crippen LogP contribution in [0, 0.1) is 5.82 Å². The lowest BCUT2D eigenvalue weighted by Gasteiger charge is -2.12. The van der Waals surface area contributed by atoms with E-state index in [1.54, 1.807) is 4.72 Å². The molecule has 0 radical (unpaired) electrons. The van der Waals surface area contributed by atoms with Gasteiger partial charge < -0.3 is 5.73 Å². The highest BCUT2D eigenvalue weighted by Gasteiger charge is 2.29. The number of alkyl halides is 3. The van der Waals surface area contributed by atoms with E-state index < -0.39 is 28.7 Å². The topological polar surface area (TPSA) is 84.2 Å². The molecule has 0 unspecified atom stereocenters. The van der Waals surface area contributed by atoms with Crippen molar-refractivity contribution in [1.29, 1.82) is 0 Å². The Kier molecular flexibility index (Phi) is 4.89. The van der Waals surface area contributed by atoms with Gasteiger partial charge in [-0.2, -0.15) is 26.3 Å². The summed E-state index contributed by atoms with van der Waals surface area (Å²) in [5.74, 6) is -0.774. The summed E-state index contributed by atoms with van der Waals surface area (Å²) >= 11 is 4.55. The maximum atomic E-state index is 13.2. The Labute approximate surface area is 117 Å². The van der Waals surface area contributed by atoms with Gasteiger partial charge in [-0.05, 0) is 18.2 Å². The summed E-state index contributed by atoms with van der Waals surface area (Å²) in [4.78, 5) is -0.313. The van der Waals surface area contributed by atoms with E-state index in [0.717, 1.165) is 18.2 Å². The molecule has 4 N–H and O–H groups in total. The Morgan fingerprint density at radius 3 is 2.45 bits per heavy atom. The summed E-state index contributed by atoms with van der Waals surface area (Å²) in [5.41, 5.74) is 4.81. The smallest absolute Gasteiger partial charge is 0.389 e. The Bertz CT molecular complexity index is 616. The molecule has 0 aromatic heterocycles. The minimum absolute atomic E-state index is 0.177. The molecule has 5 nitrogen and oxygen atoms in total. The van der Waals surface area contributed by atoms with Crippen LogP contribution in [-0.2, 0) is 10.2 Å². The molecular weight excluding hydrogens is 322 g/mol. The molecule has 11 heteroatoms. The lowest BCUT2D eigenvalue weighted by atomic mass is 10.2. The van der Waals surface area contributed by atoms with E-state index in [1.807, 2.05) is 0 Å². The van der Waals surface area contributed by atoms with E-state index in [4.69, 9.17) is 5.73 Å². The third-order valence-corrected chi connectivity index (χ3v) is 3.20. The summed E-state index contributed by atoms with van der Waals surface area (Å²) < 4.78 is 74.7. The Morgan fingerprint density at radius 1 is 1.35 bits per heavy atom. The monoisotopic (exact) mass is 331 g/mol. The van der Waals surface area contributed by atoms with Crippen molar-refractivity contribution in [2.75, 3.05) is 11.3 Å². The quantitative estimate of drug-likeness (QED) is 0.560. The van der Waals surface area contributed by atoms with E-state index in [9.17, 15) is 26.0 Å². The van der Waals surface area contributed by atoms with Gasteiger partial charge in [0.05, 0.1) is 5.69 Å². The van der Waals surface area contributed by atoms with Crippen molar-refractivity contribution in [3.8, 4) is 0 Å². The van der Waals surface area contributed by atoms with E-state index >= 15 is 0 Å². The van der Waals surface area contributed by atoms with Crippen LogP contribution in [0.5, 0.6) is 0 Å². The number of halogens is 4. The molecule has 20 heavy (non-hydrogen) atoms. The van der Waals surface area contributed by atoms with Gasteiger partial charge in [-0.15, -0.1) is 0 Å². The van der Waals surface area contributed by atoms with Crippen LogP contribution in [0.4, 0.5) is 23.2 Å². The number of rotatable bonds is 5. The summed E-state index contributed by atoms with van der Waals surface area (Å²) in [6.45, 7) is -1.73. The summed E-state index contributed by atoms with van der Waals surface area (Å²) in [6, 6.07) is 2.88. The summed E-state index contributed by atoms with van der Waals surface area (Å²) in [7, 11) is -4.45. The van der Waals surface area contributed by atoms with Crippen molar-refractivity contribution in [2.24, 2.45) is 5.73 Å². The van der Waals surface area contributed by atoms with Crippen molar-refractivity contribution >= 4 is 33.1 Å². The van der Waals surface area contributed by atoms with Gasteiger partial charge in [0.15, 0.2) is 0 Å². The van der Waals surface area contributed by atoms with Crippen LogP contribution < -0.4 is 15.2 Å². The van der Waals surface area contributed by atoms with E-state index in [0.29, 0.717) is 0 Å². The molecule has 0 fully saturated rings. The minimum Gasteiger partial charge on any atom is -0.389 e. The molecule has 0 atom stereocenters. The zero-order valence-corrected chi connectivity index (χ0v) is 11.3. The van der Waals surface area contributed by atoms with Crippen molar-refractivity contribution in [3.05, 3.63) is 29.6 Å². The highest BCUT2D eigenvalue weighted by Crippen LogP contribution is 2.17. The highest BCUT2D eigenvalue weighted by molar-refractivity contribution is 7.90. The van der Waals surface area contributed by atoms with Gasteiger partial charge in [0.25, 0.3) is 10.2 Å². The Morgan fingerprint density at radius 2 is 1.95 bits per heavy atom. The molecule has 0 bridgehead atoms. The summed E-state index contributed by atoms with van der Waals surface area (Å²) in [5, 5.41) is 0. The molecule has 1 aromatic carbocycles. The van der Waals surface area contributed by atoms with E-state index in [2.05, 4.69) is 12.2 Å².